The van der Waals surface area contributed by atoms with Crippen molar-refractivity contribution in [2.24, 2.45) is 11.5 Å². The van der Waals surface area contributed by atoms with E-state index in [1.54, 1.807) is 0 Å². The monoisotopic (exact) mass is 202 g/mol. The van der Waals surface area contributed by atoms with Crippen molar-refractivity contribution in [3.63, 3.8) is 0 Å². The van der Waals surface area contributed by atoms with Crippen LogP contribution in [0.25, 0.3) is 0 Å². The number of carbonyl (C=O) groups is 2. The average molecular weight is 202 g/mol. The van der Waals surface area contributed by atoms with Gasteiger partial charge in [-0.05, 0) is 0 Å². The second-order valence-electron chi connectivity index (χ2n) is 2.84. The summed E-state index contributed by atoms with van der Waals surface area (Å²) in [5.74, 6) is -0.0499. The first-order chi connectivity index (χ1) is 6.70. The van der Waals surface area contributed by atoms with Crippen molar-refractivity contribution in [1.82, 2.24) is 10.6 Å². The number of rotatable bonds is 9. The second-order valence-corrected chi connectivity index (χ2v) is 2.84. The standard InChI is InChI=1S/C8H18N4O2/c9-3-7(13)5-11-1-2-12-6-8(14)4-10/h11-12H,1-6,9-10H2. The molecule has 0 aliphatic heterocycles. The van der Waals surface area contributed by atoms with Gasteiger partial charge >= 0.3 is 0 Å². The van der Waals surface area contributed by atoms with E-state index in [4.69, 9.17) is 11.5 Å². The fourth-order valence-electron chi connectivity index (χ4n) is 0.777. The zero-order chi connectivity index (χ0) is 10.8. The molecule has 0 heterocycles. The quantitative estimate of drug-likeness (QED) is 0.301. The molecule has 0 radical (unpaired) electrons. The molecule has 0 amide bonds. The number of hydrogen-bond donors (Lipinski definition) is 4. The molecule has 6 nitrogen and oxygen atoms in total. The average Bonchev–Trinajstić information content (AvgIpc) is 2.22. The van der Waals surface area contributed by atoms with Gasteiger partial charge in [-0.3, -0.25) is 9.59 Å². The highest BCUT2D eigenvalue weighted by molar-refractivity contribution is 5.82. The summed E-state index contributed by atoms with van der Waals surface area (Å²) >= 11 is 0. The predicted molar refractivity (Wildman–Crippen MR) is 53.9 cm³/mol. The maximum Gasteiger partial charge on any atom is 0.160 e. The Morgan fingerprint density at radius 2 is 1.21 bits per heavy atom. The van der Waals surface area contributed by atoms with Gasteiger partial charge in [0, 0.05) is 13.1 Å². The van der Waals surface area contributed by atoms with Crippen molar-refractivity contribution in [2.45, 2.75) is 0 Å². The van der Waals surface area contributed by atoms with Crippen molar-refractivity contribution in [1.29, 1.82) is 0 Å². The smallest absolute Gasteiger partial charge is 0.160 e. The van der Waals surface area contributed by atoms with Gasteiger partial charge in [0.25, 0.3) is 0 Å². The molecule has 0 aromatic carbocycles. The van der Waals surface area contributed by atoms with Gasteiger partial charge < -0.3 is 22.1 Å². The van der Waals surface area contributed by atoms with Crippen LogP contribution in [0.2, 0.25) is 0 Å². The van der Waals surface area contributed by atoms with Crippen molar-refractivity contribution < 1.29 is 9.59 Å². The SMILES string of the molecule is NCC(=O)CNCCNCC(=O)CN. The van der Waals surface area contributed by atoms with Crippen LogP contribution < -0.4 is 22.1 Å². The molecular weight excluding hydrogens is 184 g/mol. The number of nitrogens with one attached hydrogen (secondary N) is 2. The van der Waals surface area contributed by atoms with Crippen molar-refractivity contribution in [3.8, 4) is 0 Å². The van der Waals surface area contributed by atoms with Crippen LogP contribution in [0, 0.1) is 0 Å². The molecule has 0 aliphatic rings. The highest BCUT2D eigenvalue weighted by Crippen LogP contribution is 1.66. The van der Waals surface area contributed by atoms with Crippen LogP contribution >= 0.6 is 0 Å². The Bertz CT molecular complexity index is 164. The van der Waals surface area contributed by atoms with Gasteiger partial charge in [0.15, 0.2) is 11.6 Å². The molecule has 14 heavy (non-hydrogen) atoms. The Morgan fingerprint density at radius 3 is 1.50 bits per heavy atom. The molecule has 0 atom stereocenters. The Labute approximate surface area is 83.4 Å². The van der Waals surface area contributed by atoms with Gasteiger partial charge in [-0.1, -0.05) is 0 Å². The predicted octanol–water partition coefficient (Wildman–Crippen LogP) is -2.78. The van der Waals surface area contributed by atoms with E-state index in [9.17, 15) is 9.59 Å². The van der Waals surface area contributed by atoms with Crippen molar-refractivity contribution in [3.05, 3.63) is 0 Å². The second kappa shape index (κ2) is 8.76. The highest BCUT2D eigenvalue weighted by Gasteiger charge is 1.98. The lowest BCUT2D eigenvalue weighted by Crippen LogP contribution is -2.36. The minimum absolute atomic E-state index is 0.0250. The van der Waals surface area contributed by atoms with Crippen LogP contribution in [-0.2, 0) is 9.59 Å². The van der Waals surface area contributed by atoms with Crippen LogP contribution in [-0.4, -0.2) is 50.8 Å². The molecule has 0 unspecified atom stereocenters. The van der Waals surface area contributed by atoms with E-state index in [0.29, 0.717) is 13.1 Å². The summed E-state index contributed by atoms with van der Waals surface area (Å²) in [7, 11) is 0. The number of hydrogen-bond acceptors (Lipinski definition) is 6. The minimum atomic E-state index is -0.0250. The Hall–Kier alpha value is -0.820. The molecule has 0 fully saturated rings. The van der Waals surface area contributed by atoms with E-state index in [-0.39, 0.29) is 37.7 Å². The Morgan fingerprint density at radius 1 is 0.857 bits per heavy atom. The van der Waals surface area contributed by atoms with E-state index in [1.165, 1.54) is 0 Å². The summed E-state index contributed by atoms with van der Waals surface area (Å²) < 4.78 is 0. The lowest BCUT2D eigenvalue weighted by atomic mass is 10.4. The zero-order valence-corrected chi connectivity index (χ0v) is 8.21. The van der Waals surface area contributed by atoms with Crippen molar-refractivity contribution in [2.75, 3.05) is 39.3 Å². The first kappa shape index (κ1) is 13.2. The van der Waals surface area contributed by atoms with Gasteiger partial charge in [-0.2, -0.15) is 0 Å². The summed E-state index contributed by atoms with van der Waals surface area (Å²) in [6.45, 7) is 1.94. The maximum atomic E-state index is 10.7. The van der Waals surface area contributed by atoms with Crippen LogP contribution in [0.15, 0.2) is 0 Å². The zero-order valence-electron chi connectivity index (χ0n) is 8.21. The molecular formula is C8H18N4O2. The first-order valence-electron chi connectivity index (χ1n) is 4.55. The Balaban J connectivity index is 3.14. The molecule has 6 heteroatoms. The number of nitrogens with two attached hydrogens (primary N) is 2. The lowest BCUT2D eigenvalue weighted by Gasteiger charge is -2.04. The van der Waals surface area contributed by atoms with Gasteiger partial charge in [0.1, 0.15) is 0 Å². The fourth-order valence-corrected chi connectivity index (χ4v) is 0.777. The topological polar surface area (TPSA) is 110 Å². The summed E-state index contributed by atoms with van der Waals surface area (Å²) in [6.07, 6.45) is 0. The summed E-state index contributed by atoms with van der Waals surface area (Å²) in [5, 5.41) is 5.79. The summed E-state index contributed by atoms with van der Waals surface area (Å²) in [4.78, 5) is 21.4. The molecule has 82 valence electrons. The minimum Gasteiger partial charge on any atom is -0.324 e. The largest absolute Gasteiger partial charge is 0.324 e. The Kier molecular flexibility index (Phi) is 8.25. The highest BCUT2D eigenvalue weighted by atomic mass is 16.1. The molecule has 6 N–H and O–H groups in total. The molecule has 0 saturated heterocycles. The molecule has 0 bridgehead atoms. The number of carbonyl (C=O) groups excluding carboxylic acids is 2. The van der Waals surface area contributed by atoms with E-state index >= 15 is 0 Å². The molecule has 0 aromatic heterocycles. The third kappa shape index (κ3) is 7.81. The summed E-state index contributed by atoms with van der Waals surface area (Å²) in [6, 6.07) is 0. The van der Waals surface area contributed by atoms with Gasteiger partial charge in [0.05, 0.1) is 26.2 Å². The maximum absolute atomic E-state index is 10.7. The van der Waals surface area contributed by atoms with Crippen LogP contribution in [0.1, 0.15) is 0 Å². The molecule has 0 saturated carbocycles. The van der Waals surface area contributed by atoms with E-state index in [2.05, 4.69) is 10.6 Å². The lowest BCUT2D eigenvalue weighted by molar-refractivity contribution is -0.117. The third-order valence-corrected chi connectivity index (χ3v) is 1.58. The van der Waals surface area contributed by atoms with E-state index < -0.39 is 0 Å². The first-order valence-corrected chi connectivity index (χ1v) is 4.55. The summed E-state index contributed by atoms with van der Waals surface area (Å²) in [5.41, 5.74) is 10.2. The van der Waals surface area contributed by atoms with Gasteiger partial charge in [-0.25, -0.2) is 0 Å². The van der Waals surface area contributed by atoms with Crippen LogP contribution in [0.5, 0.6) is 0 Å². The third-order valence-electron chi connectivity index (χ3n) is 1.58. The van der Waals surface area contributed by atoms with Crippen molar-refractivity contribution >= 4 is 11.6 Å². The molecule has 0 rings (SSSR count). The fraction of sp³-hybridized carbons (Fsp3) is 0.750. The molecule has 0 aliphatic carbocycles. The molecule has 0 spiro atoms. The van der Waals surface area contributed by atoms with Gasteiger partial charge in [0.2, 0.25) is 0 Å². The number of ketones is 2. The normalized spacial score (nSPS) is 10.1. The van der Waals surface area contributed by atoms with Gasteiger partial charge in [-0.15, -0.1) is 0 Å². The van der Waals surface area contributed by atoms with Crippen LogP contribution in [0.4, 0.5) is 0 Å². The van der Waals surface area contributed by atoms with E-state index in [0.717, 1.165) is 0 Å². The number of Topliss-reactive ketones (excluding diaryl/α,β-unsaturated/α-hetero) is 2. The van der Waals surface area contributed by atoms with E-state index in [1.807, 2.05) is 0 Å². The molecule has 0 aromatic rings. The van der Waals surface area contributed by atoms with Crippen LogP contribution in [0.3, 0.4) is 0 Å².